The zero-order chi connectivity index (χ0) is 15.7. The largest absolute Gasteiger partial charge is 0.298 e. The van der Waals surface area contributed by atoms with E-state index in [1.54, 1.807) is 18.2 Å². The van der Waals surface area contributed by atoms with Crippen molar-refractivity contribution in [2.45, 2.75) is 0 Å². The molecule has 6 heteroatoms. The van der Waals surface area contributed by atoms with Crippen molar-refractivity contribution in [2.75, 3.05) is 0 Å². The van der Waals surface area contributed by atoms with E-state index in [9.17, 15) is 28.8 Å². The third kappa shape index (κ3) is 0.689. The summed E-state index contributed by atoms with van der Waals surface area (Å²) in [5.74, 6) is -6.70. The van der Waals surface area contributed by atoms with Crippen LogP contribution in [0.2, 0.25) is 0 Å². The lowest BCUT2D eigenvalue weighted by Gasteiger charge is -2.13. The lowest BCUT2D eigenvalue weighted by atomic mass is 9.80. The molecular weight excluding hydrogens is 288 g/mol. The van der Waals surface area contributed by atoms with Gasteiger partial charge >= 0.3 is 0 Å². The normalized spacial score (nSPS) is 43.3. The van der Waals surface area contributed by atoms with Gasteiger partial charge < -0.3 is 0 Å². The molecule has 22 heavy (non-hydrogen) atoms. The summed E-state index contributed by atoms with van der Waals surface area (Å²) < 4.78 is 0. The van der Waals surface area contributed by atoms with E-state index in [1.165, 1.54) is 12.1 Å². The summed E-state index contributed by atoms with van der Waals surface area (Å²) in [6.45, 7) is 0. The zero-order valence-corrected chi connectivity index (χ0v) is 10.9. The Morgan fingerprint density at radius 2 is 1.55 bits per heavy atom. The first kappa shape index (κ1) is 11.9. The molecule has 106 valence electrons. The molecular formula is C16H6O6. The second-order valence-corrected chi connectivity index (χ2v) is 6.15. The van der Waals surface area contributed by atoms with Gasteiger partial charge in [-0.3, -0.25) is 28.8 Å². The van der Waals surface area contributed by atoms with E-state index in [0.29, 0.717) is 0 Å². The van der Waals surface area contributed by atoms with Gasteiger partial charge in [0.15, 0.2) is 28.5 Å². The van der Waals surface area contributed by atoms with Crippen molar-refractivity contribution >= 4 is 34.7 Å². The van der Waals surface area contributed by atoms with Crippen LogP contribution in [0.1, 0.15) is 10.4 Å². The molecule has 4 fully saturated rings. The number of rotatable bonds is 2. The van der Waals surface area contributed by atoms with Gasteiger partial charge in [-0.1, -0.05) is 30.3 Å². The zero-order valence-electron chi connectivity index (χ0n) is 10.9. The smallest absolute Gasteiger partial charge is 0.222 e. The number of Topliss-reactive ketones (excluding diaryl/α,β-unsaturated/α-hetero) is 6. The van der Waals surface area contributed by atoms with E-state index in [0.717, 1.165) is 0 Å². The van der Waals surface area contributed by atoms with Gasteiger partial charge in [-0.25, -0.2) is 0 Å². The summed E-state index contributed by atoms with van der Waals surface area (Å²) in [5, 5.41) is 0. The fourth-order valence-electron chi connectivity index (χ4n) is 4.56. The van der Waals surface area contributed by atoms with Crippen LogP contribution in [0.15, 0.2) is 30.3 Å². The van der Waals surface area contributed by atoms with Crippen LogP contribution in [0.25, 0.3) is 0 Å². The molecule has 0 aromatic heterocycles. The van der Waals surface area contributed by atoms with Gasteiger partial charge in [-0.15, -0.1) is 0 Å². The summed E-state index contributed by atoms with van der Waals surface area (Å²) in [6.07, 6.45) is 0. The van der Waals surface area contributed by atoms with E-state index in [4.69, 9.17) is 0 Å². The molecule has 0 amide bonds. The molecule has 4 saturated carbocycles. The van der Waals surface area contributed by atoms with Crippen LogP contribution in [0, 0.1) is 22.2 Å². The topological polar surface area (TPSA) is 102 Å². The Hall–Kier alpha value is -2.76. The van der Waals surface area contributed by atoms with Crippen molar-refractivity contribution in [1.82, 2.24) is 0 Å². The SMILES string of the molecule is O=C1C(=O)C2(C(=O)c3ccccc3)C(=O)C23C(=O)C32C(=O)C12. The highest BCUT2D eigenvalue weighted by molar-refractivity contribution is 6.74. The molecule has 4 aliphatic carbocycles. The molecule has 1 aromatic rings. The summed E-state index contributed by atoms with van der Waals surface area (Å²) in [7, 11) is 0. The Kier molecular flexibility index (Phi) is 1.49. The van der Waals surface area contributed by atoms with Crippen molar-refractivity contribution in [3.63, 3.8) is 0 Å². The van der Waals surface area contributed by atoms with Gasteiger partial charge in [0.05, 0.1) is 0 Å². The van der Waals surface area contributed by atoms with E-state index in [-0.39, 0.29) is 5.56 Å². The molecule has 4 atom stereocenters. The van der Waals surface area contributed by atoms with Crippen molar-refractivity contribution in [3.05, 3.63) is 35.9 Å². The summed E-state index contributed by atoms with van der Waals surface area (Å²) in [6, 6.07) is 7.57. The van der Waals surface area contributed by atoms with Crippen LogP contribution in [0.3, 0.4) is 0 Å². The molecule has 0 radical (unpaired) electrons. The fraction of sp³-hybridized carbons (Fsp3) is 0.250. The molecule has 4 aliphatic rings. The fourth-order valence-corrected chi connectivity index (χ4v) is 4.56. The van der Waals surface area contributed by atoms with Crippen molar-refractivity contribution < 1.29 is 28.8 Å². The molecule has 2 spiro atoms. The van der Waals surface area contributed by atoms with Crippen molar-refractivity contribution in [3.8, 4) is 0 Å². The third-order valence-electron chi connectivity index (χ3n) is 5.61. The van der Waals surface area contributed by atoms with E-state index in [1.807, 2.05) is 0 Å². The number of carbonyl (C=O) groups is 6. The Balaban J connectivity index is 1.76. The highest BCUT2D eigenvalue weighted by Crippen LogP contribution is 2.93. The lowest BCUT2D eigenvalue weighted by Crippen LogP contribution is -2.39. The average molecular weight is 294 g/mol. The number of hydrogen-bond donors (Lipinski definition) is 0. The number of hydrogen-bond acceptors (Lipinski definition) is 6. The molecule has 0 N–H and O–H groups in total. The highest BCUT2D eigenvalue weighted by atomic mass is 16.2. The van der Waals surface area contributed by atoms with Gasteiger partial charge in [0.2, 0.25) is 11.6 Å². The van der Waals surface area contributed by atoms with Crippen LogP contribution in [-0.4, -0.2) is 34.7 Å². The Bertz CT molecular complexity index is 912. The molecule has 0 bridgehead atoms. The number of ketones is 6. The second kappa shape index (κ2) is 2.77. The van der Waals surface area contributed by atoms with Crippen LogP contribution >= 0.6 is 0 Å². The van der Waals surface area contributed by atoms with Crippen LogP contribution in [0.4, 0.5) is 0 Å². The maximum Gasteiger partial charge on any atom is 0.222 e. The minimum Gasteiger partial charge on any atom is -0.298 e. The van der Waals surface area contributed by atoms with Crippen LogP contribution < -0.4 is 0 Å². The minimum absolute atomic E-state index is 0.0790. The Morgan fingerprint density at radius 1 is 0.909 bits per heavy atom. The van der Waals surface area contributed by atoms with Crippen LogP contribution in [-0.2, 0) is 24.0 Å². The standard InChI is InChI=1S/C16H6O6/c17-8-7-10(19)14(7)12(21)16(14)13(22)15(16,11(8)20)9(18)6-4-2-1-3-5-6/h1-5,7H. The first-order valence-electron chi connectivity index (χ1n) is 6.75. The average Bonchev–Trinajstić information content (AvgIpc) is 3.43. The van der Waals surface area contributed by atoms with E-state index in [2.05, 4.69) is 0 Å². The number of carbonyl (C=O) groups excluding carboxylic acids is 6. The van der Waals surface area contributed by atoms with Gasteiger partial charge in [-0.05, 0) is 0 Å². The molecule has 0 saturated heterocycles. The first-order valence-corrected chi connectivity index (χ1v) is 6.75. The van der Waals surface area contributed by atoms with Crippen molar-refractivity contribution in [2.24, 2.45) is 22.2 Å². The lowest BCUT2D eigenvalue weighted by molar-refractivity contribution is -0.142. The van der Waals surface area contributed by atoms with Gasteiger partial charge in [0, 0.05) is 5.56 Å². The van der Waals surface area contributed by atoms with E-state index < -0.39 is 56.9 Å². The Labute approximate surface area is 122 Å². The predicted molar refractivity (Wildman–Crippen MR) is 66.6 cm³/mol. The van der Waals surface area contributed by atoms with Crippen LogP contribution in [0.5, 0.6) is 0 Å². The molecule has 1 aromatic carbocycles. The predicted octanol–water partition coefficient (Wildman–Crippen LogP) is -0.655. The summed E-state index contributed by atoms with van der Waals surface area (Å²) in [4.78, 5) is 73.6. The third-order valence-corrected chi connectivity index (χ3v) is 5.61. The second-order valence-electron chi connectivity index (χ2n) is 6.15. The minimum atomic E-state index is -2.27. The maximum atomic E-state index is 12.7. The highest BCUT2D eigenvalue weighted by Gasteiger charge is 3.17. The molecule has 5 rings (SSSR count). The van der Waals surface area contributed by atoms with Gasteiger partial charge in [0.1, 0.15) is 16.7 Å². The summed E-state index contributed by atoms with van der Waals surface area (Å²) >= 11 is 0. The van der Waals surface area contributed by atoms with Gasteiger partial charge in [0.25, 0.3) is 0 Å². The number of benzene rings is 1. The first-order chi connectivity index (χ1) is 10.4. The van der Waals surface area contributed by atoms with E-state index >= 15 is 0 Å². The van der Waals surface area contributed by atoms with Gasteiger partial charge in [-0.2, -0.15) is 0 Å². The maximum absolute atomic E-state index is 12.7. The molecule has 4 unspecified atom stereocenters. The van der Waals surface area contributed by atoms with Crippen molar-refractivity contribution in [1.29, 1.82) is 0 Å². The quantitative estimate of drug-likeness (QED) is 0.408. The monoisotopic (exact) mass is 294 g/mol. The summed E-state index contributed by atoms with van der Waals surface area (Å²) in [5.41, 5.74) is -5.74. The molecule has 0 aliphatic heterocycles. The molecule has 6 nitrogen and oxygen atoms in total. The molecule has 0 heterocycles. The Morgan fingerprint density at radius 3 is 2.18 bits per heavy atom.